The molecule has 0 aliphatic carbocycles. The second-order valence-electron chi connectivity index (χ2n) is 4.60. The van der Waals surface area contributed by atoms with Crippen LogP contribution in [0.5, 0.6) is 0 Å². The second-order valence-corrected chi connectivity index (χ2v) is 5.38. The highest BCUT2D eigenvalue weighted by Crippen LogP contribution is 2.20. The normalized spacial score (nSPS) is 14.3. The van der Waals surface area contributed by atoms with Crippen LogP contribution in [0.25, 0.3) is 0 Å². The lowest BCUT2D eigenvalue weighted by Gasteiger charge is -2.20. The number of rotatable bonds is 6. The summed E-state index contributed by atoms with van der Waals surface area (Å²) >= 11 is 3.29. The average Bonchev–Trinajstić information content (AvgIpc) is 2.86. The maximum Gasteiger partial charge on any atom is 0.169 e. The van der Waals surface area contributed by atoms with Crippen molar-refractivity contribution in [1.29, 1.82) is 0 Å². The van der Waals surface area contributed by atoms with Gasteiger partial charge in [-0.25, -0.2) is 0 Å². The predicted octanol–water partition coefficient (Wildman–Crippen LogP) is 3.30. The molecular formula is C15H18BrNO2. The van der Waals surface area contributed by atoms with Crippen molar-refractivity contribution in [3.63, 3.8) is 0 Å². The van der Waals surface area contributed by atoms with Crippen molar-refractivity contribution in [1.82, 2.24) is 5.32 Å². The van der Waals surface area contributed by atoms with Crippen LogP contribution in [0.3, 0.4) is 0 Å². The van der Waals surface area contributed by atoms with Gasteiger partial charge in [-0.05, 0) is 47.0 Å². The number of furan rings is 1. The Morgan fingerprint density at radius 2 is 1.95 bits per heavy atom. The molecule has 4 heteroatoms. The van der Waals surface area contributed by atoms with Gasteiger partial charge in [0.1, 0.15) is 5.76 Å². The highest BCUT2D eigenvalue weighted by atomic mass is 79.9. The van der Waals surface area contributed by atoms with Crippen LogP contribution in [0.15, 0.2) is 51.6 Å². The van der Waals surface area contributed by atoms with Crippen molar-refractivity contribution >= 4 is 15.9 Å². The van der Waals surface area contributed by atoms with Crippen LogP contribution in [-0.2, 0) is 6.42 Å². The van der Waals surface area contributed by atoms with Gasteiger partial charge < -0.3 is 14.8 Å². The molecule has 1 heterocycles. The number of halogens is 1. The number of nitrogens with one attached hydrogen (secondary N) is 1. The third-order valence-electron chi connectivity index (χ3n) is 3.05. The zero-order valence-electron chi connectivity index (χ0n) is 10.8. The van der Waals surface area contributed by atoms with E-state index in [0.717, 1.165) is 16.9 Å². The summed E-state index contributed by atoms with van der Waals surface area (Å²) in [6, 6.07) is 14.0. The highest BCUT2D eigenvalue weighted by molar-refractivity contribution is 9.10. The van der Waals surface area contributed by atoms with E-state index in [1.54, 1.807) is 0 Å². The summed E-state index contributed by atoms with van der Waals surface area (Å²) in [7, 11) is 0. The molecule has 0 saturated heterocycles. The summed E-state index contributed by atoms with van der Waals surface area (Å²) in [5.41, 5.74) is 1.21. The first-order chi connectivity index (χ1) is 9.19. The fraction of sp³-hybridized carbons (Fsp3) is 0.333. The van der Waals surface area contributed by atoms with Crippen molar-refractivity contribution < 1.29 is 9.52 Å². The molecule has 0 fully saturated rings. The highest BCUT2D eigenvalue weighted by Gasteiger charge is 2.15. The minimum atomic E-state index is 0.0151. The van der Waals surface area contributed by atoms with Crippen molar-refractivity contribution in [2.24, 2.45) is 0 Å². The minimum absolute atomic E-state index is 0.0151. The van der Waals surface area contributed by atoms with Crippen LogP contribution in [-0.4, -0.2) is 17.8 Å². The fourth-order valence-electron chi connectivity index (χ4n) is 2.07. The van der Waals surface area contributed by atoms with Gasteiger partial charge in [-0.3, -0.25) is 0 Å². The summed E-state index contributed by atoms with van der Waals surface area (Å²) in [5, 5.41) is 12.9. The Hall–Kier alpha value is -1.10. The van der Waals surface area contributed by atoms with Crippen LogP contribution in [0.1, 0.15) is 24.3 Å². The van der Waals surface area contributed by atoms with Crippen molar-refractivity contribution in [3.05, 3.63) is 58.5 Å². The molecule has 0 saturated carbocycles. The van der Waals surface area contributed by atoms with Gasteiger partial charge in [0.15, 0.2) is 4.67 Å². The third kappa shape index (κ3) is 4.20. The van der Waals surface area contributed by atoms with Gasteiger partial charge in [0.05, 0.1) is 12.6 Å². The van der Waals surface area contributed by atoms with E-state index in [1.165, 1.54) is 5.56 Å². The molecule has 19 heavy (non-hydrogen) atoms. The van der Waals surface area contributed by atoms with Crippen LogP contribution in [0.2, 0.25) is 0 Å². The van der Waals surface area contributed by atoms with Crippen molar-refractivity contribution in [2.45, 2.75) is 25.4 Å². The van der Waals surface area contributed by atoms with E-state index in [0.29, 0.717) is 0 Å². The first kappa shape index (κ1) is 14.3. The van der Waals surface area contributed by atoms with Crippen LogP contribution >= 0.6 is 15.9 Å². The molecule has 2 N–H and O–H groups in total. The van der Waals surface area contributed by atoms with E-state index in [-0.39, 0.29) is 18.7 Å². The molecule has 1 aromatic carbocycles. The van der Waals surface area contributed by atoms with Gasteiger partial charge in [0.25, 0.3) is 0 Å². The van der Waals surface area contributed by atoms with E-state index in [9.17, 15) is 5.11 Å². The van der Waals surface area contributed by atoms with E-state index in [4.69, 9.17) is 4.42 Å². The van der Waals surface area contributed by atoms with Gasteiger partial charge in [-0.15, -0.1) is 0 Å². The molecule has 0 amide bonds. The predicted molar refractivity (Wildman–Crippen MR) is 79.0 cm³/mol. The summed E-state index contributed by atoms with van der Waals surface area (Å²) in [6.45, 7) is 2.13. The van der Waals surface area contributed by atoms with E-state index in [2.05, 4.69) is 33.4 Å². The molecule has 0 bridgehead atoms. The van der Waals surface area contributed by atoms with E-state index >= 15 is 0 Å². The third-order valence-corrected chi connectivity index (χ3v) is 3.48. The average molecular weight is 324 g/mol. The first-order valence-corrected chi connectivity index (χ1v) is 7.14. The van der Waals surface area contributed by atoms with E-state index < -0.39 is 0 Å². The topological polar surface area (TPSA) is 45.4 Å². The Morgan fingerprint density at radius 3 is 2.53 bits per heavy atom. The molecule has 0 aliphatic heterocycles. The molecule has 3 nitrogen and oxygen atoms in total. The fourth-order valence-corrected chi connectivity index (χ4v) is 2.39. The smallest absolute Gasteiger partial charge is 0.169 e. The molecule has 0 aliphatic rings. The quantitative estimate of drug-likeness (QED) is 0.857. The van der Waals surface area contributed by atoms with Gasteiger partial charge in [-0.1, -0.05) is 30.3 Å². The van der Waals surface area contributed by atoms with Gasteiger partial charge in [0, 0.05) is 6.04 Å². The molecule has 2 unspecified atom stereocenters. The Kier molecular flexibility index (Phi) is 5.19. The number of aliphatic hydroxyl groups excluding tert-OH is 1. The van der Waals surface area contributed by atoms with Gasteiger partial charge in [0.2, 0.25) is 0 Å². The summed E-state index contributed by atoms with van der Waals surface area (Å²) in [5.74, 6) is 0.860. The molecular weight excluding hydrogens is 306 g/mol. The molecule has 102 valence electrons. The van der Waals surface area contributed by atoms with Crippen LogP contribution < -0.4 is 5.32 Å². The lowest BCUT2D eigenvalue weighted by molar-refractivity contribution is 0.227. The lowest BCUT2D eigenvalue weighted by atomic mass is 10.1. The van der Waals surface area contributed by atoms with Crippen LogP contribution in [0.4, 0.5) is 0 Å². The summed E-state index contributed by atoms with van der Waals surface area (Å²) in [6.07, 6.45) is 0.795. The minimum Gasteiger partial charge on any atom is -0.453 e. The largest absolute Gasteiger partial charge is 0.453 e. The Labute approximate surface area is 121 Å². The molecule has 2 atom stereocenters. The first-order valence-electron chi connectivity index (χ1n) is 6.35. The molecule has 2 rings (SSSR count). The second kappa shape index (κ2) is 6.89. The number of hydrogen-bond donors (Lipinski definition) is 2. The number of aliphatic hydroxyl groups is 1. The van der Waals surface area contributed by atoms with Gasteiger partial charge in [-0.2, -0.15) is 0 Å². The summed E-state index contributed by atoms with van der Waals surface area (Å²) < 4.78 is 6.24. The Balaban J connectivity index is 1.95. The maximum absolute atomic E-state index is 9.49. The summed E-state index contributed by atoms with van der Waals surface area (Å²) in [4.78, 5) is 0. The van der Waals surface area contributed by atoms with Crippen molar-refractivity contribution in [3.8, 4) is 0 Å². The zero-order valence-corrected chi connectivity index (χ0v) is 12.4. The zero-order chi connectivity index (χ0) is 13.7. The SMILES string of the molecule is CC(NC(CO)Cc1ccccc1)c1ccc(Br)o1. The Bertz CT molecular complexity index is 498. The number of hydrogen-bond acceptors (Lipinski definition) is 3. The van der Waals surface area contributed by atoms with Crippen LogP contribution in [0, 0.1) is 0 Å². The molecule has 2 aromatic rings. The monoisotopic (exact) mass is 323 g/mol. The Morgan fingerprint density at radius 1 is 1.21 bits per heavy atom. The maximum atomic E-state index is 9.49. The standard InChI is InChI=1S/C15H18BrNO2/c1-11(14-7-8-15(16)19-14)17-13(10-18)9-12-5-3-2-4-6-12/h2-8,11,13,17-18H,9-10H2,1H3. The lowest BCUT2D eigenvalue weighted by Crippen LogP contribution is -2.36. The van der Waals surface area contributed by atoms with Crippen molar-refractivity contribution in [2.75, 3.05) is 6.61 Å². The molecule has 0 spiro atoms. The molecule has 0 radical (unpaired) electrons. The van der Waals surface area contributed by atoms with Gasteiger partial charge >= 0.3 is 0 Å². The number of benzene rings is 1. The molecule has 1 aromatic heterocycles. The van der Waals surface area contributed by atoms with E-state index in [1.807, 2.05) is 37.3 Å².